The van der Waals surface area contributed by atoms with Crippen LogP contribution in [0.4, 0.5) is 4.79 Å². The lowest BCUT2D eigenvalue weighted by molar-refractivity contribution is -0.108. The van der Waals surface area contributed by atoms with Gasteiger partial charge < -0.3 is 19.4 Å². The Kier molecular flexibility index (Phi) is 7.66. The van der Waals surface area contributed by atoms with Crippen molar-refractivity contribution in [3.05, 3.63) is 0 Å². The molecule has 12 heteroatoms. The van der Waals surface area contributed by atoms with Crippen molar-refractivity contribution in [2.45, 2.75) is 10.1 Å². The number of hydrogen-bond donors (Lipinski definition) is 1. The fraction of sp³-hybridized carbons (Fsp3) is 0.857. The Bertz CT molecular complexity index is 394. The van der Waals surface area contributed by atoms with Crippen LogP contribution in [0.1, 0.15) is 0 Å². The molecule has 0 saturated carbocycles. The van der Waals surface area contributed by atoms with Gasteiger partial charge in [0.05, 0.1) is 13.1 Å². The monoisotopic (exact) mass is 358 g/mol. The molecule has 0 radical (unpaired) electrons. The van der Waals surface area contributed by atoms with Crippen LogP contribution in [0, 0.1) is 0 Å². The largest absolute Gasteiger partial charge is 0.421 e. The summed E-state index contributed by atoms with van der Waals surface area (Å²) in [5.74, 6) is 0. The third kappa shape index (κ3) is 7.98. The van der Waals surface area contributed by atoms with E-state index in [-0.39, 0.29) is 6.54 Å². The van der Waals surface area contributed by atoms with E-state index in [2.05, 4.69) is 9.92 Å². The highest BCUT2D eigenvalue weighted by Gasteiger charge is 2.35. The molecule has 114 valence electrons. The van der Waals surface area contributed by atoms with Crippen molar-refractivity contribution < 1.29 is 26.9 Å². The van der Waals surface area contributed by atoms with Gasteiger partial charge in [0.2, 0.25) is 3.79 Å². The average molecular weight is 360 g/mol. The summed E-state index contributed by atoms with van der Waals surface area (Å²) in [5, 5.41) is 0. The van der Waals surface area contributed by atoms with Gasteiger partial charge in [-0.15, -0.1) is 0 Å². The third-order valence-corrected chi connectivity index (χ3v) is 3.38. The van der Waals surface area contributed by atoms with Crippen molar-refractivity contribution in [1.82, 2.24) is 4.31 Å². The lowest BCUT2D eigenvalue weighted by Crippen LogP contribution is -2.45. The molecule has 0 saturated heterocycles. The number of hydrogen-bond acceptors (Lipinski definition) is 6. The van der Waals surface area contributed by atoms with E-state index in [1.54, 1.807) is 0 Å². The Morgan fingerprint density at radius 3 is 2.11 bits per heavy atom. The molecule has 0 atom stereocenters. The maximum Gasteiger partial charge on any atom is 0.421 e. The smallest absolute Gasteiger partial charge is 0.354 e. The summed E-state index contributed by atoms with van der Waals surface area (Å²) in [4.78, 5) is 10.5. The molecule has 0 aliphatic heterocycles. The molecule has 1 amide bonds. The van der Waals surface area contributed by atoms with E-state index < -0.39 is 33.0 Å². The summed E-state index contributed by atoms with van der Waals surface area (Å²) in [7, 11) is -1.96. The van der Waals surface area contributed by atoms with Gasteiger partial charge in [-0.05, 0) is 0 Å². The van der Waals surface area contributed by atoms with Crippen molar-refractivity contribution in [2.75, 3.05) is 27.3 Å². The molecule has 19 heavy (non-hydrogen) atoms. The third-order valence-electron chi connectivity index (χ3n) is 1.74. The second-order valence-corrected chi connectivity index (χ2v) is 7.22. The Morgan fingerprint density at radius 2 is 1.79 bits per heavy atom. The molecule has 0 aliphatic carbocycles. The molecule has 0 aromatic carbocycles. The fourth-order valence-corrected chi connectivity index (χ4v) is 2.62. The number of ether oxygens (including phenoxy) is 2. The van der Waals surface area contributed by atoms with E-state index in [0.717, 1.165) is 0 Å². The molecule has 0 unspecified atom stereocenters. The van der Waals surface area contributed by atoms with E-state index in [9.17, 15) is 13.2 Å². The number of nitrogens with two attached hydrogens (primary N) is 1. The van der Waals surface area contributed by atoms with Crippen LogP contribution in [-0.2, 0) is 24.0 Å². The van der Waals surface area contributed by atoms with Crippen molar-refractivity contribution in [3.8, 4) is 0 Å². The minimum atomic E-state index is -4.52. The van der Waals surface area contributed by atoms with Gasteiger partial charge >= 0.3 is 16.4 Å². The van der Waals surface area contributed by atoms with E-state index in [4.69, 9.17) is 44.3 Å². The molecule has 0 heterocycles. The molecule has 0 rings (SSSR count). The lowest BCUT2D eigenvalue weighted by Gasteiger charge is -2.26. The average Bonchev–Trinajstić information content (AvgIpc) is 2.20. The number of carbonyl (C=O) groups is 1. The van der Waals surface area contributed by atoms with Crippen LogP contribution in [0.5, 0.6) is 0 Å². The molecule has 0 spiro atoms. The molecule has 8 nitrogen and oxygen atoms in total. The highest BCUT2D eigenvalue weighted by atomic mass is 35.6. The van der Waals surface area contributed by atoms with Gasteiger partial charge in [0, 0.05) is 14.2 Å². The van der Waals surface area contributed by atoms with Crippen LogP contribution in [0.25, 0.3) is 0 Å². The maximum absolute atomic E-state index is 11.7. The van der Waals surface area contributed by atoms with Gasteiger partial charge in [0.15, 0.2) is 6.29 Å². The highest BCUT2D eigenvalue weighted by molar-refractivity contribution is 7.84. The minimum absolute atomic E-state index is 0.365. The van der Waals surface area contributed by atoms with Crippen molar-refractivity contribution in [1.29, 1.82) is 0 Å². The van der Waals surface area contributed by atoms with Crippen LogP contribution in [0.2, 0.25) is 0 Å². The quantitative estimate of drug-likeness (QED) is 0.527. The predicted molar refractivity (Wildman–Crippen MR) is 69.3 cm³/mol. The molecule has 0 aromatic rings. The van der Waals surface area contributed by atoms with Crippen LogP contribution in [0.3, 0.4) is 0 Å². The van der Waals surface area contributed by atoms with E-state index in [1.807, 2.05) is 0 Å². The van der Waals surface area contributed by atoms with Gasteiger partial charge in [0.25, 0.3) is 0 Å². The van der Waals surface area contributed by atoms with Crippen molar-refractivity contribution in [3.63, 3.8) is 0 Å². The van der Waals surface area contributed by atoms with Crippen LogP contribution in [0.15, 0.2) is 0 Å². The summed E-state index contributed by atoms with van der Waals surface area (Å²) in [6.07, 6.45) is -2.46. The molecule has 0 aromatic heterocycles. The first-order valence-electron chi connectivity index (χ1n) is 4.63. The SMILES string of the molecule is COC(CN(CC(Cl)(Cl)Cl)S(=O)(=O)OC(N)=O)OC. The fourth-order valence-electron chi connectivity index (χ4n) is 1.00. The normalized spacial score (nSPS) is 13.0. The number of primary amides is 1. The Hall–Kier alpha value is -0.0300. The summed E-state index contributed by atoms with van der Waals surface area (Å²) in [5.41, 5.74) is 4.65. The van der Waals surface area contributed by atoms with Crippen molar-refractivity contribution in [2.24, 2.45) is 5.73 Å². The Labute approximate surface area is 125 Å². The highest BCUT2D eigenvalue weighted by Crippen LogP contribution is 2.28. The number of methoxy groups -OCH3 is 2. The summed E-state index contributed by atoms with van der Waals surface area (Å²) >= 11 is 16.5. The summed E-state index contributed by atoms with van der Waals surface area (Å²) in [6, 6.07) is 0. The van der Waals surface area contributed by atoms with E-state index in [1.165, 1.54) is 14.2 Å². The predicted octanol–water partition coefficient (Wildman–Crippen LogP) is 0.618. The standard InChI is InChI=1S/C7H13Cl3N2O6S/c1-16-5(17-2)3-12(4-7(8,9)10)19(14,15)18-6(11)13/h5H,3-4H2,1-2H3,(H2,11,13). The number of alkyl halides is 3. The van der Waals surface area contributed by atoms with Crippen molar-refractivity contribution >= 4 is 51.2 Å². The minimum Gasteiger partial charge on any atom is -0.354 e. The number of carbonyl (C=O) groups excluding carboxylic acids is 1. The number of halogens is 3. The second-order valence-electron chi connectivity index (χ2n) is 3.17. The zero-order valence-electron chi connectivity index (χ0n) is 10.0. The molecular formula is C7H13Cl3N2O6S. The maximum atomic E-state index is 11.7. The van der Waals surface area contributed by atoms with E-state index in [0.29, 0.717) is 4.31 Å². The van der Waals surface area contributed by atoms with Crippen LogP contribution >= 0.6 is 34.8 Å². The first-order chi connectivity index (χ1) is 8.51. The number of rotatable bonds is 7. The van der Waals surface area contributed by atoms with Gasteiger partial charge in [-0.25, -0.2) is 4.79 Å². The Balaban J connectivity index is 5.10. The molecule has 0 bridgehead atoms. The van der Waals surface area contributed by atoms with E-state index >= 15 is 0 Å². The molecule has 2 N–H and O–H groups in total. The number of amides is 1. The topological polar surface area (TPSA) is 108 Å². The van der Waals surface area contributed by atoms with Crippen LogP contribution in [-0.4, -0.2) is 56.2 Å². The van der Waals surface area contributed by atoms with Gasteiger partial charge in [-0.1, -0.05) is 34.8 Å². The summed E-state index contributed by atoms with van der Waals surface area (Å²) < 4.78 is 35.6. The molecule has 0 aliphatic rings. The summed E-state index contributed by atoms with van der Waals surface area (Å²) in [6.45, 7) is -0.951. The zero-order chi connectivity index (χ0) is 15.3. The van der Waals surface area contributed by atoms with Gasteiger partial charge in [0.1, 0.15) is 0 Å². The molecular weight excluding hydrogens is 347 g/mol. The zero-order valence-corrected chi connectivity index (χ0v) is 13.1. The van der Waals surface area contributed by atoms with Gasteiger partial charge in [-0.3, -0.25) is 0 Å². The molecule has 0 fully saturated rings. The first kappa shape index (κ1) is 19.0. The van der Waals surface area contributed by atoms with Crippen LogP contribution < -0.4 is 5.73 Å². The van der Waals surface area contributed by atoms with Gasteiger partial charge in [-0.2, -0.15) is 12.7 Å². The lowest BCUT2D eigenvalue weighted by atomic mass is 10.6. The number of nitrogens with zero attached hydrogens (tertiary/aromatic N) is 1. The Morgan fingerprint density at radius 1 is 1.32 bits per heavy atom. The first-order valence-corrected chi connectivity index (χ1v) is 7.13. The second kappa shape index (κ2) is 7.67.